The maximum Gasteiger partial charge on any atom is 0.256 e. The minimum atomic E-state index is -1.46. The van der Waals surface area contributed by atoms with Crippen LogP contribution in [0.3, 0.4) is 0 Å². The third-order valence-corrected chi connectivity index (χ3v) is 6.89. The molecule has 3 aromatic rings. The maximum absolute atomic E-state index is 13.1. The number of carbonyl (C=O) groups excluding carboxylic acids is 2. The zero-order chi connectivity index (χ0) is 27.0. The van der Waals surface area contributed by atoms with Gasteiger partial charge >= 0.3 is 0 Å². The van der Waals surface area contributed by atoms with Crippen LogP contribution in [0.5, 0.6) is 0 Å². The Labute approximate surface area is 222 Å². The van der Waals surface area contributed by atoms with Gasteiger partial charge in [-0.3, -0.25) is 14.2 Å². The molecule has 198 valence electrons. The first-order chi connectivity index (χ1) is 18.3. The summed E-state index contributed by atoms with van der Waals surface area (Å²) >= 11 is 5.85. The van der Waals surface area contributed by atoms with Gasteiger partial charge in [-0.1, -0.05) is 17.5 Å². The van der Waals surface area contributed by atoms with Crippen LogP contribution in [0.1, 0.15) is 41.7 Å². The van der Waals surface area contributed by atoms with Crippen molar-refractivity contribution in [1.82, 2.24) is 34.7 Å². The van der Waals surface area contributed by atoms with Crippen LogP contribution in [-0.4, -0.2) is 89.4 Å². The van der Waals surface area contributed by atoms with Crippen molar-refractivity contribution in [2.24, 2.45) is 0 Å². The molecule has 0 radical (unpaired) electrons. The molecule has 4 atom stereocenters. The first-order valence-electron chi connectivity index (χ1n) is 11.9. The SMILES string of the molecule is CNC(=O)[C@H]1O[C@@H](n2cnc3c(N)nc(C#CCN(C(=O)c4ccc(Cl)nc4)C4CCC4)nc32)[C@H](O)[C@@H]1O. The predicted octanol–water partition coefficient (Wildman–Crippen LogP) is -0.131. The second-order valence-electron chi connectivity index (χ2n) is 8.99. The van der Waals surface area contributed by atoms with E-state index in [1.165, 1.54) is 24.1 Å². The summed E-state index contributed by atoms with van der Waals surface area (Å²) in [5, 5.41) is 23.5. The fourth-order valence-electron chi connectivity index (χ4n) is 4.37. The van der Waals surface area contributed by atoms with E-state index in [0.29, 0.717) is 10.7 Å². The van der Waals surface area contributed by atoms with E-state index >= 15 is 0 Å². The molecule has 38 heavy (non-hydrogen) atoms. The molecule has 2 amide bonds. The molecule has 0 spiro atoms. The van der Waals surface area contributed by atoms with Crippen molar-refractivity contribution in [3.63, 3.8) is 0 Å². The lowest BCUT2D eigenvalue weighted by Gasteiger charge is -2.36. The molecule has 1 aliphatic carbocycles. The summed E-state index contributed by atoms with van der Waals surface area (Å²) in [5.41, 5.74) is 6.94. The highest BCUT2D eigenvalue weighted by atomic mass is 35.5. The Morgan fingerprint density at radius 1 is 1.26 bits per heavy atom. The maximum atomic E-state index is 13.1. The Bertz CT molecular complexity index is 1430. The number of likely N-dealkylation sites (N-methyl/N-ethyl adjacent to an activating group) is 1. The summed E-state index contributed by atoms with van der Waals surface area (Å²) < 4.78 is 6.99. The standard InChI is InChI=1S/C24H25ClN8O5/c1-27-22(36)19-17(34)18(35)24(38-19)33-11-29-16-20(26)30-15(31-21(16)33)6-3-9-32(13-4-2-5-13)23(37)12-7-8-14(25)28-10-12/h7-8,10-11,13,17-19,24,34-35H,2,4-5,9H2,1H3,(H,27,36)(H2,26,30,31)/t17-,18+,19-,24+/m0/s1. The van der Waals surface area contributed by atoms with E-state index in [2.05, 4.69) is 37.1 Å². The molecular weight excluding hydrogens is 516 g/mol. The first-order valence-corrected chi connectivity index (χ1v) is 12.3. The van der Waals surface area contributed by atoms with Gasteiger partial charge < -0.3 is 30.9 Å². The fraction of sp³-hybridized carbons (Fsp3) is 0.417. The highest BCUT2D eigenvalue weighted by Crippen LogP contribution is 2.32. The van der Waals surface area contributed by atoms with Crippen LogP contribution in [0, 0.1) is 11.8 Å². The summed E-state index contributed by atoms with van der Waals surface area (Å²) in [7, 11) is 1.40. The third-order valence-electron chi connectivity index (χ3n) is 6.67. The number of rotatable bonds is 5. The van der Waals surface area contributed by atoms with Gasteiger partial charge in [-0.25, -0.2) is 19.9 Å². The van der Waals surface area contributed by atoms with Gasteiger partial charge in [-0.15, -0.1) is 0 Å². The monoisotopic (exact) mass is 540 g/mol. The Balaban J connectivity index is 1.40. The molecule has 4 heterocycles. The molecule has 1 saturated heterocycles. The van der Waals surface area contributed by atoms with Gasteiger partial charge in [0, 0.05) is 19.3 Å². The molecule has 1 saturated carbocycles. The molecule has 5 rings (SSSR count). The second-order valence-corrected chi connectivity index (χ2v) is 9.38. The van der Waals surface area contributed by atoms with Gasteiger partial charge in [0.1, 0.15) is 22.9 Å². The smallest absolute Gasteiger partial charge is 0.256 e. The molecule has 14 heteroatoms. The van der Waals surface area contributed by atoms with Crippen molar-refractivity contribution in [1.29, 1.82) is 0 Å². The summed E-state index contributed by atoms with van der Waals surface area (Å²) in [6, 6.07) is 3.26. The molecule has 1 aliphatic heterocycles. The van der Waals surface area contributed by atoms with Crippen LogP contribution in [0.25, 0.3) is 11.2 Å². The summed E-state index contributed by atoms with van der Waals surface area (Å²) in [4.78, 5) is 43.6. The van der Waals surface area contributed by atoms with E-state index in [4.69, 9.17) is 22.1 Å². The normalized spacial score (nSPS) is 22.9. The Morgan fingerprint density at radius 3 is 2.71 bits per heavy atom. The van der Waals surface area contributed by atoms with Crippen molar-refractivity contribution >= 4 is 40.4 Å². The van der Waals surface area contributed by atoms with Gasteiger partial charge in [0.2, 0.25) is 5.82 Å². The quantitative estimate of drug-likeness (QED) is 0.251. The predicted molar refractivity (Wildman–Crippen MR) is 135 cm³/mol. The average molecular weight is 541 g/mol. The van der Waals surface area contributed by atoms with E-state index in [0.717, 1.165) is 19.3 Å². The number of imidazole rings is 1. The summed E-state index contributed by atoms with van der Waals surface area (Å²) in [6.45, 7) is 0.136. The van der Waals surface area contributed by atoms with Crippen LogP contribution < -0.4 is 11.1 Å². The van der Waals surface area contributed by atoms with Gasteiger partial charge in [0.05, 0.1) is 18.4 Å². The van der Waals surface area contributed by atoms with E-state index in [1.807, 2.05) is 0 Å². The summed E-state index contributed by atoms with van der Waals surface area (Å²) in [5.74, 6) is 5.15. The number of aliphatic hydroxyl groups excluding tert-OH is 2. The zero-order valence-corrected chi connectivity index (χ0v) is 21.0. The lowest BCUT2D eigenvalue weighted by molar-refractivity contribution is -0.137. The van der Waals surface area contributed by atoms with Gasteiger partial charge in [-0.05, 0) is 37.3 Å². The molecule has 2 fully saturated rings. The Kier molecular flexibility index (Phi) is 7.13. The number of aromatic nitrogens is 5. The largest absolute Gasteiger partial charge is 0.387 e. The number of carbonyl (C=O) groups is 2. The highest BCUT2D eigenvalue weighted by molar-refractivity contribution is 6.29. The number of nitrogens with one attached hydrogen (secondary N) is 1. The molecule has 13 nitrogen and oxygen atoms in total. The average Bonchev–Trinajstić information content (AvgIpc) is 3.43. The molecular formula is C24H25ClN8O5. The first kappa shape index (κ1) is 25.8. The van der Waals surface area contributed by atoms with Crippen LogP contribution in [0.4, 0.5) is 5.82 Å². The molecule has 5 N–H and O–H groups in total. The molecule has 0 aromatic carbocycles. The molecule has 2 aliphatic rings. The Hall–Kier alpha value is -3.83. The van der Waals surface area contributed by atoms with Crippen LogP contribution in [0.2, 0.25) is 5.15 Å². The second kappa shape index (κ2) is 10.5. The van der Waals surface area contributed by atoms with Gasteiger partial charge in [0.15, 0.2) is 23.8 Å². The number of nitrogens with zero attached hydrogens (tertiary/aromatic N) is 6. The number of nitrogens with two attached hydrogens (primary N) is 1. The van der Waals surface area contributed by atoms with Gasteiger partial charge in [0.25, 0.3) is 11.8 Å². The van der Waals surface area contributed by atoms with Gasteiger partial charge in [-0.2, -0.15) is 0 Å². The number of halogens is 1. The van der Waals surface area contributed by atoms with Crippen LogP contribution >= 0.6 is 11.6 Å². The van der Waals surface area contributed by atoms with E-state index in [-0.39, 0.29) is 41.3 Å². The number of ether oxygens (including phenoxy) is 1. The number of hydrogen-bond acceptors (Lipinski definition) is 10. The van der Waals surface area contributed by atoms with Crippen molar-refractivity contribution in [3.05, 3.63) is 41.2 Å². The third kappa shape index (κ3) is 4.74. The fourth-order valence-corrected chi connectivity index (χ4v) is 4.48. The number of pyridine rings is 1. The number of anilines is 1. The van der Waals surface area contributed by atoms with Crippen molar-refractivity contribution in [3.8, 4) is 11.8 Å². The summed E-state index contributed by atoms with van der Waals surface area (Å²) in [6.07, 6.45) is 0.266. The number of nitrogen functional groups attached to an aromatic ring is 1. The van der Waals surface area contributed by atoms with Crippen molar-refractivity contribution in [2.75, 3.05) is 19.3 Å². The zero-order valence-electron chi connectivity index (χ0n) is 20.3. The molecule has 0 bridgehead atoms. The van der Waals surface area contributed by atoms with E-state index < -0.39 is 30.4 Å². The lowest BCUT2D eigenvalue weighted by Crippen LogP contribution is -2.44. The van der Waals surface area contributed by atoms with Crippen LogP contribution in [-0.2, 0) is 9.53 Å². The minimum absolute atomic E-state index is 0.0492. The molecule has 0 unspecified atom stereocenters. The molecule has 3 aromatic heterocycles. The lowest BCUT2D eigenvalue weighted by atomic mass is 9.91. The van der Waals surface area contributed by atoms with E-state index in [9.17, 15) is 19.8 Å². The Morgan fingerprint density at radius 2 is 2.05 bits per heavy atom. The number of fused-ring (bicyclic) bond motifs is 1. The highest BCUT2D eigenvalue weighted by Gasteiger charge is 2.47. The van der Waals surface area contributed by atoms with E-state index in [1.54, 1.807) is 17.0 Å². The van der Waals surface area contributed by atoms with Crippen molar-refractivity contribution in [2.45, 2.75) is 49.8 Å². The number of hydrogen-bond donors (Lipinski definition) is 4. The number of amides is 2. The topological polar surface area (TPSA) is 182 Å². The van der Waals surface area contributed by atoms with Crippen molar-refractivity contribution < 1.29 is 24.5 Å². The number of aliphatic hydroxyl groups is 2. The van der Waals surface area contributed by atoms with Crippen LogP contribution in [0.15, 0.2) is 24.7 Å². The minimum Gasteiger partial charge on any atom is -0.387 e.